The highest BCUT2D eigenvalue weighted by molar-refractivity contribution is 6.00. The van der Waals surface area contributed by atoms with Gasteiger partial charge < -0.3 is 19.3 Å². The van der Waals surface area contributed by atoms with Crippen LogP contribution in [-0.2, 0) is 6.54 Å². The van der Waals surface area contributed by atoms with Crippen molar-refractivity contribution in [2.75, 3.05) is 34.4 Å². The molecule has 0 amide bonds. The number of hydrogen-bond donors (Lipinski definition) is 1. The van der Waals surface area contributed by atoms with E-state index in [-0.39, 0.29) is 17.5 Å². The lowest BCUT2D eigenvalue weighted by Gasteiger charge is -2.32. The van der Waals surface area contributed by atoms with E-state index in [9.17, 15) is 9.90 Å². The van der Waals surface area contributed by atoms with Crippen LogP contribution in [0, 0.1) is 5.92 Å². The summed E-state index contributed by atoms with van der Waals surface area (Å²) in [7, 11) is 4.74. The number of carbonyl (C=O) groups is 1. The van der Waals surface area contributed by atoms with Gasteiger partial charge in [-0.15, -0.1) is 0 Å². The van der Waals surface area contributed by atoms with E-state index in [2.05, 4.69) is 4.90 Å². The van der Waals surface area contributed by atoms with Crippen LogP contribution in [0.15, 0.2) is 36.4 Å². The van der Waals surface area contributed by atoms with Gasteiger partial charge in [0.15, 0.2) is 5.78 Å². The fraction of sp³-hybridized carbons (Fsp3) is 0.409. The summed E-state index contributed by atoms with van der Waals surface area (Å²) in [6.45, 7) is 2.05. The highest BCUT2D eigenvalue weighted by atomic mass is 16.5. The maximum Gasteiger partial charge on any atom is 0.170 e. The minimum Gasteiger partial charge on any atom is -0.507 e. The Kier molecular flexibility index (Phi) is 6.41. The number of methoxy groups -OCH3 is 3. The highest BCUT2D eigenvalue weighted by Crippen LogP contribution is 2.32. The molecule has 0 aromatic heterocycles. The first-order chi connectivity index (χ1) is 13.6. The second-order valence-corrected chi connectivity index (χ2v) is 6.96. The lowest BCUT2D eigenvalue weighted by Crippen LogP contribution is -2.38. The molecule has 6 heteroatoms. The van der Waals surface area contributed by atoms with Crippen molar-refractivity contribution >= 4 is 5.78 Å². The number of aromatic hydroxyl groups is 1. The lowest BCUT2D eigenvalue weighted by atomic mass is 9.89. The number of likely N-dealkylation sites (tertiary alicyclic amines) is 1. The molecule has 0 unspecified atom stereocenters. The zero-order valence-electron chi connectivity index (χ0n) is 16.6. The Bertz CT molecular complexity index is 836. The molecule has 2 aromatic carbocycles. The van der Waals surface area contributed by atoms with Crippen molar-refractivity contribution in [2.45, 2.75) is 19.4 Å². The summed E-state index contributed by atoms with van der Waals surface area (Å²) in [5, 5.41) is 10.2. The van der Waals surface area contributed by atoms with E-state index in [1.807, 2.05) is 6.07 Å². The first-order valence-electron chi connectivity index (χ1n) is 9.40. The molecule has 1 heterocycles. The third kappa shape index (κ3) is 4.22. The van der Waals surface area contributed by atoms with E-state index in [0.29, 0.717) is 35.9 Å². The molecule has 0 aliphatic carbocycles. The highest BCUT2D eigenvalue weighted by Gasteiger charge is 2.29. The molecular weight excluding hydrogens is 358 g/mol. The van der Waals surface area contributed by atoms with Gasteiger partial charge >= 0.3 is 0 Å². The van der Waals surface area contributed by atoms with Gasteiger partial charge in [-0.2, -0.15) is 0 Å². The predicted molar refractivity (Wildman–Crippen MR) is 107 cm³/mol. The fourth-order valence-electron chi connectivity index (χ4n) is 3.76. The molecule has 0 spiro atoms. The average molecular weight is 385 g/mol. The molecule has 0 saturated carbocycles. The van der Waals surface area contributed by atoms with Gasteiger partial charge in [-0.3, -0.25) is 9.69 Å². The smallest absolute Gasteiger partial charge is 0.170 e. The Labute approximate surface area is 165 Å². The van der Waals surface area contributed by atoms with Crippen LogP contribution in [-0.4, -0.2) is 50.2 Å². The van der Waals surface area contributed by atoms with E-state index < -0.39 is 0 Å². The molecule has 28 heavy (non-hydrogen) atoms. The van der Waals surface area contributed by atoms with Crippen molar-refractivity contribution < 1.29 is 24.1 Å². The van der Waals surface area contributed by atoms with Gasteiger partial charge in [-0.25, -0.2) is 0 Å². The van der Waals surface area contributed by atoms with Crippen molar-refractivity contribution in [3.05, 3.63) is 47.5 Å². The Morgan fingerprint density at radius 2 is 1.89 bits per heavy atom. The number of nitrogens with zero attached hydrogens (tertiary/aromatic N) is 1. The van der Waals surface area contributed by atoms with Gasteiger partial charge in [0.1, 0.15) is 23.0 Å². The van der Waals surface area contributed by atoms with E-state index in [1.165, 1.54) is 0 Å². The summed E-state index contributed by atoms with van der Waals surface area (Å²) in [6, 6.07) is 10.5. The van der Waals surface area contributed by atoms with E-state index in [4.69, 9.17) is 14.2 Å². The number of phenolic OH excluding ortho intramolecular Hbond substituents is 1. The topological polar surface area (TPSA) is 68.2 Å². The van der Waals surface area contributed by atoms with Gasteiger partial charge in [0, 0.05) is 30.6 Å². The first-order valence-corrected chi connectivity index (χ1v) is 9.40. The molecule has 2 aromatic rings. The summed E-state index contributed by atoms with van der Waals surface area (Å²) in [4.78, 5) is 15.3. The molecule has 0 bridgehead atoms. The van der Waals surface area contributed by atoms with Gasteiger partial charge in [0.2, 0.25) is 0 Å². The second-order valence-electron chi connectivity index (χ2n) is 6.96. The number of benzene rings is 2. The van der Waals surface area contributed by atoms with Crippen LogP contribution < -0.4 is 14.2 Å². The van der Waals surface area contributed by atoms with Crippen molar-refractivity contribution in [1.29, 1.82) is 0 Å². The number of ketones is 1. The Hall–Kier alpha value is -2.73. The molecule has 1 N–H and O–H groups in total. The van der Waals surface area contributed by atoms with Crippen LogP contribution in [0.2, 0.25) is 0 Å². The average Bonchev–Trinajstić information content (AvgIpc) is 2.74. The Morgan fingerprint density at radius 1 is 1.11 bits per heavy atom. The zero-order valence-corrected chi connectivity index (χ0v) is 16.6. The van der Waals surface area contributed by atoms with Crippen LogP contribution in [0.3, 0.4) is 0 Å². The normalized spacial score (nSPS) is 17.2. The van der Waals surface area contributed by atoms with Crippen molar-refractivity contribution in [2.24, 2.45) is 5.92 Å². The van der Waals surface area contributed by atoms with Gasteiger partial charge in [-0.1, -0.05) is 6.07 Å². The van der Waals surface area contributed by atoms with Crippen LogP contribution in [0.25, 0.3) is 0 Å². The lowest BCUT2D eigenvalue weighted by molar-refractivity contribution is 0.0807. The number of rotatable bonds is 7. The zero-order chi connectivity index (χ0) is 20.1. The van der Waals surface area contributed by atoms with Crippen molar-refractivity contribution in [1.82, 2.24) is 4.90 Å². The molecule has 3 rings (SSSR count). The SMILES string of the molecule is COc1ccc(C(=O)[C@H]2CCCN(Cc3c(O)cccc3OC)C2)c(OC)c1. The number of carbonyl (C=O) groups excluding carboxylic acids is 1. The largest absolute Gasteiger partial charge is 0.507 e. The number of phenols is 1. The molecule has 1 fully saturated rings. The van der Waals surface area contributed by atoms with Gasteiger partial charge in [0.25, 0.3) is 0 Å². The predicted octanol–water partition coefficient (Wildman–Crippen LogP) is 3.51. The fourth-order valence-corrected chi connectivity index (χ4v) is 3.76. The van der Waals surface area contributed by atoms with Crippen LogP contribution >= 0.6 is 0 Å². The molecule has 1 aliphatic rings. The molecule has 150 valence electrons. The molecule has 1 atom stereocenters. The van der Waals surface area contributed by atoms with Crippen molar-refractivity contribution in [3.8, 4) is 23.0 Å². The van der Waals surface area contributed by atoms with Gasteiger partial charge in [-0.05, 0) is 43.7 Å². The standard InChI is InChI=1S/C22H27NO5/c1-26-16-9-10-17(21(12-16)28-3)22(25)15-6-5-11-23(13-15)14-18-19(24)7-4-8-20(18)27-2/h4,7-10,12,15,24H,5-6,11,13-14H2,1-3H3/t15-/m0/s1. The quantitative estimate of drug-likeness (QED) is 0.736. The van der Waals surface area contributed by atoms with Crippen LogP contribution in [0.1, 0.15) is 28.8 Å². The van der Waals surface area contributed by atoms with E-state index in [0.717, 1.165) is 24.9 Å². The monoisotopic (exact) mass is 385 g/mol. The van der Waals surface area contributed by atoms with Crippen LogP contribution in [0.4, 0.5) is 0 Å². The summed E-state index contributed by atoms with van der Waals surface area (Å²) in [5.74, 6) is 2.02. The third-order valence-corrected chi connectivity index (χ3v) is 5.26. The number of Topliss-reactive ketones (excluding diaryl/α,β-unsaturated/α-hetero) is 1. The van der Waals surface area contributed by atoms with E-state index >= 15 is 0 Å². The van der Waals surface area contributed by atoms with Crippen molar-refractivity contribution in [3.63, 3.8) is 0 Å². The molecule has 1 aliphatic heterocycles. The van der Waals surface area contributed by atoms with Gasteiger partial charge in [0.05, 0.1) is 26.9 Å². The summed E-state index contributed by atoms with van der Waals surface area (Å²) >= 11 is 0. The van der Waals surface area contributed by atoms with E-state index in [1.54, 1.807) is 51.7 Å². The summed E-state index contributed by atoms with van der Waals surface area (Å²) in [6.07, 6.45) is 1.76. The number of ether oxygens (including phenoxy) is 3. The Morgan fingerprint density at radius 3 is 2.61 bits per heavy atom. The number of piperidine rings is 1. The Balaban J connectivity index is 1.76. The third-order valence-electron chi connectivity index (χ3n) is 5.26. The summed E-state index contributed by atoms with van der Waals surface area (Å²) < 4.78 is 16.0. The molecule has 1 saturated heterocycles. The maximum absolute atomic E-state index is 13.1. The summed E-state index contributed by atoms with van der Waals surface area (Å²) in [5.41, 5.74) is 1.33. The maximum atomic E-state index is 13.1. The minimum atomic E-state index is -0.118. The molecule has 0 radical (unpaired) electrons. The molecular formula is C22H27NO5. The number of hydrogen-bond acceptors (Lipinski definition) is 6. The minimum absolute atomic E-state index is 0.0773. The first kappa shape index (κ1) is 20.0. The second kappa shape index (κ2) is 8.97. The van der Waals surface area contributed by atoms with Crippen LogP contribution in [0.5, 0.6) is 23.0 Å². The molecule has 6 nitrogen and oxygen atoms in total.